The lowest BCUT2D eigenvalue weighted by molar-refractivity contribution is -0.0390. The van der Waals surface area contributed by atoms with E-state index in [9.17, 15) is 5.11 Å². The van der Waals surface area contributed by atoms with E-state index in [0.717, 1.165) is 49.7 Å². The predicted molar refractivity (Wildman–Crippen MR) is 139 cm³/mol. The maximum Gasteiger partial charge on any atom is 0.191 e. The second-order valence-corrected chi connectivity index (χ2v) is 7.78. The van der Waals surface area contributed by atoms with Crippen LogP contribution in [0.15, 0.2) is 59.6 Å². The van der Waals surface area contributed by atoms with Crippen LogP contribution >= 0.6 is 24.0 Å². The SMILES string of the molecule is CCNC(=NCc1cccc(COC2CCOCC2)c1)NCCC(O)c1ccccc1.I. The molecule has 0 saturated carbocycles. The second kappa shape index (κ2) is 15.2. The number of benzene rings is 2. The molecule has 0 aliphatic carbocycles. The number of hydrogen-bond donors (Lipinski definition) is 3. The normalized spacial score (nSPS) is 15.6. The van der Waals surface area contributed by atoms with E-state index >= 15 is 0 Å². The highest BCUT2D eigenvalue weighted by molar-refractivity contribution is 14.0. The fraction of sp³-hybridized carbons (Fsp3) is 0.480. The maximum absolute atomic E-state index is 10.3. The molecule has 1 aliphatic heterocycles. The molecule has 32 heavy (non-hydrogen) atoms. The lowest BCUT2D eigenvalue weighted by atomic mass is 10.1. The first-order valence-electron chi connectivity index (χ1n) is 11.3. The van der Waals surface area contributed by atoms with E-state index in [2.05, 4.69) is 34.9 Å². The summed E-state index contributed by atoms with van der Waals surface area (Å²) in [5, 5.41) is 16.9. The minimum absolute atomic E-state index is 0. The fourth-order valence-corrected chi connectivity index (χ4v) is 3.56. The average Bonchev–Trinajstić information content (AvgIpc) is 2.82. The smallest absolute Gasteiger partial charge is 0.191 e. The van der Waals surface area contributed by atoms with Crippen molar-refractivity contribution in [2.45, 2.75) is 51.5 Å². The molecule has 6 nitrogen and oxygen atoms in total. The van der Waals surface area contributed by atoms with Gasteiger partial charge < -0.3 is 25.2 Å². The van der Waals surface area contributed by atoms with Crippen LogP contribution in [0.3, 0.4) is 0 Å². The van der Waals surface area contributed by atoms with Gasteiger partial charge in [-0.25, -0.2) is 4.99 Å². The summed E-state index contributed by atoms with van der Waals surface area (Å²) in [4.78, 5) is 4.70. The number of aliphatic imine (C=N–C) groups is 1. The predicted octanol–water partition coefficient (Wildman–Crippen LogP) is 4.18. The Labute approximate surface area is 208 Å². The van der Waals surface area contributed by atoms with E-state index in [1.54, 1.807) is 0 Å². The van der Waals surface area contributed by atoms with Crippen molar-refractivity contribution in [3.63, 3.8) is 0 Å². The van der Waals surface area contributed by atoms with Gasteiger partial charge in [-0.2, -0.15) is 0 Å². The van der Waals surface area contributed by atoms with E-state index in [-0.39, 0.29) is 24.0 Å². The van der Waals surface area contributed by atoms with Crippen molar-refractivity contribution in [1.29, 1.82) is 0 Å². The van der Waals surface area contributed by atoms with Crippen LogP contribution in [-0.4, -0.2) is 43.5 Å². The van der Waals surface area contributed by atoms with Crippen LogP contribution in [0.5, 0.6) is 0 Å². The van der Waals surface area contributed by atoms with Crippen molar-refractivity contribution in [2.24, 2.45) is 4.99 Å². The number of guanidine groups is 1. The van der Waals surface area contributed by atoms with Gasteiger partial charge in [0.25, 0.3) is 0 Å². The molecule has 0 amide bonds. The maximum atomic E-state index is 10.3. The summed E-state index contributed by atoms with van der Waals surface area (Å²) in [7, 11) is 0. The third-order valence-corrected chi connectivity index (χ3v) is 5.30. The molecule has 1 fully saturated rings. The zero-order valence-electron chi connectivity index (χ0n) is 18.8. The second-order valence-electron chi connectivity index (χ2n) is 7.78. The molecule has 0 bridgehead atoms. The van der Waals surface area contributed by atoms with E-state index in [1.165, 1.54) is 5.56 Å². The lowest BCUT2D eigenvalue weighted by Crippen LogP contribution is -2.38. The quantitative estimate of drug-likeness (QED) is 0.234. The molecule has 7 heteroatoms. The first kappa shape index (κ1) is 26.6. The monoisotopic (exact) mass is 553 g/mol. The third-order valence-electron chi connectivity index (χ3n) is 5.30. The topological polar surface area (TPSA) is 75.1 Å². The van der Waals surface area contributed by atoms with Crippen molar-refractivity contribution in [3.05, 3.63) is 71.3 Å². The van der Waals surface area contributed by atoms with Crippen LogP contribution in [-0.2, 0) is 22.6 Å². The van der Waals surface area contributed by atoms with Gasteiger partial charge in [0.15, 0.2) is 5.96 Å². The Morgan fingerprint density at radius 3 is 2.59 bits per heavy atom. The first-order valence-corrected chi connectivity index (χ1v) is 11.3. The molecule has 3 rings (SSSR count). The summed E-state index contributed by atoms with van der Waals surface area (Å²) in [5.74, 6) is 0.756. The summed E-state index contributed by atoms with van der Waals surface area (Å²) >= 11 is 0. The van der Waals surface area contributed by atoms with Gasteiger partial charge in [-0.3, -0.25) is 0 Å². The van der Waals surface area contributed by atoms with Gasteiger partial charge in [-0.15, -0.1) is 24.0 Å². The zero-order valence-corrected chi connectivity index (χ0v) is 21.2. The van der Waals surface area contributed by atoms with Crippen molar-refractivity contribution in [1.82, 2.24) is 10.6 Å². The molecule has 1 saturated heterocycles. The number of ether oxygens (including phenoxy) is 2. The van der Waals surface area contributed by atoms with Crippen LogP contribution in [0.4, 0.5) is 0 Å². The highest BCUT2D eigenvalue weighted by Crippen LogP contribution is 2.16. The third kappa shape index (κ3) is 9.44. The van der Waals surface area contributed by atoms with E-state index in [4.69, 9.17) is 14.5 Å². The number of rotatable bonds is 10. The number of nitrogens with zero attached hydrogens (tertiary/aromatic N) is 1. The Bertz CT molecular complexity index is 798. The van der Waals surface area contributed by atoms with Gasteiger partial charge >= 0.3 is 0 Å². The molecule has 176 valence electrons. The molecule has 1 heterocycles. The van der Waals surface area contributed by atoms with E-state index < -0.39 is 6.10 Å². The number of aliphatic hydroxyl groups is 1. The van der Waals surface area contributed by atoms with Gasteiger partial charge in [-0.1, -0.05) is 54.6 Å². The standard InChI is InChI=1S/C25H35N3O3.HI/c1-2-26-25(27-14-11-24(29)22-9-4-3-5-10-22)28-18-20-7-6-8-21(17-20)19-31-23-12-15-30-16-13-23;/h3-10,17,23-24,29H,2,11-16,18-19H2,1H3,(H2,26,27,28);1H. The molecular weight excluding hydrogens is 517 g/mol. The summed E-state index contributed by atoms with van der Waals surface area (Å²) in [6.45, 7) is 6.26. The molecule has 1 unspecified atom stereocenters. The molecule has 1 aliphatic rings. The summed E-state index contributed by atoms with van der Waals surface area (Å²) < 4.78 is 11.4. The Morgan fingerprint density at radius 1 is 1.09 bits per heavy atom. The fourth-order valence-electron chi connectivity index (χ4n) is 3.56. The summed E-state index contributed by atoms with van der Waals surface area (Å²) in [5.41, 5.74) is 3.25. The highest BCUT2D eigenvalue weighted by atomic mass is 127. The summed E-state index contributed by atoms with van der Waals surface area (Å²) in [6.07, 6.45) is 2.38. The number of halogens is 1. The molecule has 0 spiro atoms. The molecule has 0 radical (unpaired) electrons. The molecule has 3 N–H and O–H groups in total. The Hall–Kier alpha value is -1.68. The minimum Gasteiger partial charge on any atom is -0.388 e. The Kier molecular flexibility index (Phi) is 12.6. The van der Waals surface area contributed by atoms with Crippen LogP contribution in [0.1, 0.15) is 49.0 Å². The molecule has 1 atom stereocenters. The average molecular weight is 553 g/mol. The number of hydrogen-bond acceptors (Lipinski definition) is 4. The van der Waals surface area contributed by atoms with Crippen molar-refractivity contribution < 1.29 is 14.6 Å². The number of aliphatic hydroxyl groups excluding tert-OH is 1. The van der Waals surface area contributed by atoms with Gasteiger partial charge in [-0.05, 0) is 42.9 Å². The van der Waals surface area contributed by atoms with Gasteiger partial charge in [0.1, 0.15) is 0 Å². The van der Waals surface area contributed by atoms with Crippen molar-refractivity contribution in [3.8, 4) is 0 Å². The van der Waals surface area contributed by atoms with E-state index in [0.29, 0.717) is 32.2 Å². The highest BCUT2D eigenvalue weighted by Gasteiger charge is 2.14. The van der Waals surface area contributed by atoms with Crippen LogP contribution < -0.4 is 10.6 Å². The lowest BCUT2D eigenvalue weighted by Gasteiger charge is -2.22. The first-order chi connectivity index (χ1) is 15.2. The molecule has 2 aromatic rings. The van der Waals surface area contributed by atoms with Crippen LogP contribution in [0, 0.1) is 0 Å². The van der Waals surface area contributed by atoms with Gasteiger partial charge in [0.05, 0.1) is 25.4 Å². The van der Waals surface area contributed by atoms with Crippen molar-refractivity contribution in [2.75, 3.05) is 26.3 Å². The molecular formula is C25H36IN3O3. The van der Waals surface area contributed by atoms with Crippen LogP contribution in [0.25, 0.3) is 0 Å². The summed E-state index contributed by atoms with van der Waals surface area (Å²) in [6, 6.07) is 18.1. The largest absolute Gasteiger partial charge is 0.388 e. The van der Waals surface area contributed by atoms with Gasteiger partial charge in [0, 0.05) is 26.3 Å². The molecule has 0 aromatic heterocycles. The van der Waals surface area contributed by atoms with Crippen LogP contribution in [0.2, 0.25) is 0 Å². The Balaban J connectivity index is 0.00000363. The number of nitrogens with one attached hydrogen (secondary N) is 2. The van der Waals surface area contributed by atoms with E-state index in [1.807, 2.05) is 37.3 Å². The van der Waals surface area contributed by atoms with Crippen molar-refractivity contribution >= 4 is 29.9 Å². The van der Waals surface area contributed by atoms with Gasteiger partial charge in [0.2, 0.25) is 0 Å². The Morgan fingerprint density at radius 2 is 1.84 bits per heavy atom. The minimum atomic E-state index is -0.482. The molecule has 2 aromatic carbocycles. The zero-order chi connectivity index (χ0) is 21.7.